The zero-order valence-corrected chi connectivity index (χ0v) is 10.5. The summed E-state index contributed by atoms with van der Waals surface area (Å²) in [5.41, 5.74) is -0.881. The van der Waals surface area contributed by atoms with E-state index in [4.69, 9.17) is 0 Å². The molecule has 0 spiro atoms. The van der Waals surface area contributed by atoms with Crippen molar-refractivity contribution in [2.24, 2.45) is 5.41 Å². The van der Waals surface area contributed by atoms with Gasteiger partial charge in [-0.1, -0.05) is 13.8 Å². The maximum absolute atomic E-state index is 12.0. The fourth-order valence-corrected chi connectivity index (χ4v) is 3.67. The van der Waals surface area contributed by atoms with Crippen LogP contribution in [0.5, 0.6) is 0 Å². The molecule has 0 saturated carbocycles. The average molecular weight is 256 g/mol. The molecule has 0 aromatic rings. The molecule has 1 rings (SSSR count). The van der Waals surface area contributed by atoms with Crippen molar-refractivity contribution in [2.45, 2.75) is 51.3 Å². The lowest BCUT2D eigenvalue weighted by molar-refractivity contribution is -0.138. The summed E-state index contributed by atoms with van der Waals surface area (Å²) >= 11 is 1.64. The summed E-state index contributed by atoms with van der Waals surface area (Å²) in [5.74, 6) is 1.53. The second-order valence-corrected chi connectivity index (χ2v) is 6.51. The molecule has 1 unspecified atom stereocenters. The van der Waals surface area contributed by atoms with Crippen LogP contribution in [0.25, 0.3) is 0 Å². The number of hydrogen-bond acceptors (Lipinski definition) is 2. The van der Waals surface area contributed by atoms with E-state index in [9.17, 15) is 18.3 Å². The summed E-state index contributed by atoms with van der Waals surface area (Å²) in [5, 5.41) is 10.2. The number of aliphatic hydroxyl groups is 1. The minimum absolute atomic E-state index is 0.0237. The van der Waals surface area contributed by atoms with Crippen molar-refractivity contribution in [3.8, 4) is 0 Å². The maximum Gasteiger partial charge on any atom is 0.389 e. The highest BCUT2D eigenvalue weighted by Crippen LogP contribution is 2.41. The Morgan fingerprint density at radius 2 is 1.88 bits per heavy atom. The topological polar surface area (TPSA) is 20.2 Å². The van der Waals surface area contributed by atoms with Gasteiger partial charge in [-0.05, 0) is 30.4 Å². The van der Waals surface area contributed by atoms with Crippen molar-refractivity contribution >= 4 is 11.8 Å². The molecule has 0 bridgehead atoms. The third-order valence-electron chi connectivity index (χ3n) is 2.77. The lowest BCUT2D eigenvalue weighted by Gasteiger charge is -2.41. The van der Waals surface area contributed by atoms with E-state index in [1.165, 1.54) is 0 Å². The molecule has 1 atom stereocenters. The molecule has 0 aromatic carbocycles. The van der Waals surface area contributed by atoms with Gasteiger partial charge in [-0.2, -0.15) is 24.9 Å². The van der Waals surface area contributed by atoms with Crippen LogP contribution in [0.15, 0.2) is 0 Å². The normalized spacial score (nSPS) is 30.4. The fraction of sp³-hybridized carbons (Fsp3) is 1.00. The molecule has 0 amide bonds. The predicted octanol–water partition coefficient (Wildman–Crippen LogP) is 3.61. The molecule has 0 aromatic heterocycles. The van der Waals surface area contributed by atoms with E-state index >= 15 is 0 Å². The van der Waals surface area contributed by atoms with Gasteiger partial charge in [-0.15, -0.1) is 0 Å². The average Bonchev–Trinajstić information content (AvgIpc) is 1.97. The second-order valence-electron chi connectivity index (χ2n) is 5.53. The molecule has 0 radical (unpaired) electrons. The van der Waals surface area contributed by atoms with Gasteiger partial charge in [-0.3, -0.25) is 0 Å². The molecular weight excluding hydrogens is 237 g/mol. The van der Waals surface area contributed by atoms with Crippen LogP contribution in [0.2, 0.25) is 0 Å². The number of rotatable bonds is 3. The molecule has 1 fully saturated rings. The van der Waals surface area contributed by atoms with Gasteiger partial charge in [-0.25, -0.2) is 0 Å². The van der Waals surface area contributed by atoms with E-state index in [1.807, 2.05) is 13.8 Å². The third-order valence-corrected chi connectivity index (χ3v) is 4.50. The Hall–Kier alpha value is 0.100. The largest absolute Gasteiger partial charge is 0.389 e. The Balaban J connectivity index is 2.40. The molecule has 1 saturated heterocycles. The second kappa shape index (κ2) is 4.77. The van der Waals surface area contributed by atoms with Gasteiger partial charge in [0.25, 0.3) is 0 Å². The first-order valence-corrected chi connectivity index (χ1v) is 6.64. The van der Waals surface area contributed by atoms with Crippen LogP contribution in [0, 0.1) is 5.41 Å². The lowest BCUT2D eigenvalue weighted by Crippen LogP contribution is -2.42. The summed E-state index contributed by atoms with van der Waals surface area (Å²) < 4.78 is 36.0. The quantitative estimate of drug-likeness (QED) is 0.832. The van der Waals surface area contributed by atoms with Crippen LogP contribution in [-0.2, 0) is 0 Å². The highest BCUT2D eigenvalue weighted by Gasteiger charge is 2.39. The third kappa shape index (κ3) is 4.95. The first-order chi connectivity index (χ1) is 7.12. The van der Waals surface area contributed by atoms with Crippen LogP contribution in [0.4, 0.5) is 13.2 Å². The summed E-state index contributed by atoms with van der Waals surface area (Å²) in [4.78, 5) is 0. The SMILES string of the molecule is CC1(C)CSCC(O)(CCCC(F)(F)F)C1. The Morgan fingerprint density at radius 3 is 2.38 bits per heavy atom. The molecule has 16 heavy (non-hydrogen) atoms. The highest BCUT2D eigenvalue weighted by atomic mass is 32.2. The zero-order valence-electron chi connectivity index (χ0n) is 9.73. The monoisotopic (exact) mass is 256 g/mol. The standard InChI is InChI=1S/C11H19F3OS/c1-9(2)6-10(15,8-16-7-9)4-3-5-11(12,13)14/h15H,3-8H2,1-2H3. The molecule has 1 heterocycles. The van der Waals surface area contributed by atoms with Crippen LogP contribution in [0.1, 0.15) is 39.5 Å². The van der Waals surface area contributed by atoms with E-state index in [0.717, 1.165) is 5.75 Å². The Morgan fingerprint density at radius 1 is 1.25 bits per heavy atom. The minimum atomic E-state index is -4.10. The van der Waals surface area contributed by atoms with E-state index in [-0.39, 0.29) is 18.3 Å². The van der Waals surface area contributed by atoms with E-state index < -0.39 is 18.2 Å². The molecule has 1 nitrogen and oxygen atoms in total. The van der Waals surface area contributed by atoms with E-state index in [2.05, 4.69) is 0 Å². The Kier molecular flexibility index (Phi) is 4.22. The van der Waals surface area contributed by atoms with Crippen molar-refractivity contribution in [3.05, 3.63) is 0 Å². The Bertz CT molecular complexity index is 240. The molecule has 96 valence electrons. The summed E-state index contributed by atoms with van der Waals surface area (Å²) in [7, 11) is 0. The van der Waals surface area contributed by atoms with Gasteiger partial charge in [0.1, 0.15) is 0 Å². The van der Waals surface area contributed by atoms with E-state index in [1.54, 1.807) is 11.8 Å². The number of thioether (sulfide) groups is 1. The van der Waals surface area contributed by atoms with Gasteiger partial charge in [0.2, 0.25) is 0 Å². The first kappa shape index (κ1) is 14.2. The molecule has 5 heteroatoms. The molecular formula is C11H19F3OS. The molecule has 1 aliphatic heterocycles. The van der Waals surface area contributed by atoms with Crippen LogP contribution in [0.3, 0.4) is 0 Å². The summed E-state index contributed by atoms with van der Waals surface area (Å²) in [6.07, 6.45) is -4.02. The molecule has 1 aliphatic rings. The van der Waals surface area contributed by atoms with Crippen molar-refractivity contribution in [1.82, 2.24) is 0 Å². The van der Waals surface area contributed by atoms with E-state index in [0.29, 0.717) is 12.2 Å². The molecule has 1 N–H and O–H groups in total. The zero-order chi connectivity index (χ0) is 12.4. The number of hydrogen-bond donors (Lipinski definition) is 1. The maximum atomic E-state index is 12.0. The van der Waals surface area contributed by atoms with Crippen molar-refractivity contribution < 1.29 is 18.3 Å². The summed E-state index contributed by atoms with van der Waals surface area (Å²) in [6.45, 7) is 4.10. The van der Waals surface area contributed by atoms with Crippen molar-refractivity contribution in [3.63, 3.8) is 0 Å². The predicted molar refractivity (Wildman–Crippen MR) is 60.6 cm³/mol. The smallest absolute Gasteiger partial charge is 0.389 e. The van der Waals surface area contributed by atoms with Gasteiger partial charge < -0.3 is 5.11 Å². The van der Waals surface area contributed by atoms with Gasteiger partial charge in [0.05, 0.1) is 5.60 Å². The summed E-state index contributed by atoms with van der Waals surface area (Å²) in [6, 6.07) is 0. The van der Waals surface area contributed by atoms with Gasteiger partial charge in [0, 0.05) is 12.2 Å². The van der Waals surface area contributed by atoms with Crippen LogP contribution >= 0.6 is 11.8 Å². The van der Waals surface area contributed by atoms with Crippen molar-refractivity contribution in [2.75, 3.05) is 11.5 Å². The highest BCUT2D eigenvalue weighted by molar-refractivity contribution is 7.99. The van der Waals surface area contributed by atoms with Crippen molar-refractivity contribution in [1.29, 1.82) is 0 Å². The van der Waals surface area contributed by atoms with Gasteiger partial charge in [0.15, 0.2) is 0 Å². The lowest BCUT2D eigenvalue weighted by atomic mass is 9.79. The number of alkyl halides is 3. The van der Waals surface area contributed by atoms with Crippen LogP contribution in [-0.4, -0.2) is 28.4 Å². The Labute approximate surface area is 98.8 Å². The number of halogens is 3. The minimum Gasteiger partial charge on any atom is -0.389 e. The molecule has 0 aliphatic carbocycles. The van der Waals surface area contributed by atoms with Crippen LogP contribution < -0.4 is 0 Å². The first-order valence-electron chi connectivity index (χ1n) is 5.49. The van der Waals surface area contributed by atoms with Gasteiger partial charge >= 0.3 is 6.18 Å². The fourth-order valence-electron chi connectivity index (χ4n) is 2.29.